The van der Waals surface area contributed by atoms with Gasteiger partial charge in [-0.3, -0.25) is 19.7 Å². The number of aliphatic carboxylic acids is 2. The number of non-ortho nitro benzene ring substituents is 1. The van der Waals surface area contributed by atoms with Crippen LogP contribution >= 0.6 is 0 Å². The molecule has 10 heteroatoms. The average molecular weight is 496 g/mol. The topological polar surface area (TPSA) is 159 Å². The molecule has 1 aliphatic carbocycles. The molecule has 190 valence electrons. The molecule has 4 N–H and O–H groups in total. The van der Waals surface area contributed by atoms with Crippen LogP contribution in [0.4, 0.5) is 5.69 Å². The maximum absolute atomic E-state index is 12.0. The van der Waals surface area contributed by atoms with Gasteiger partial charge in [0.2, 0.25) is 0 Å². The molecule has 0 saturated carbocycles. The van der Waals surface area contributed by atoms with Crippen molar-refractivity contribution in [3.63, 3.8) is 0 Å². The highest BCUT2D eigenvalue weighted by Gasteiger charge is 2.34. The van der Waals surface area contributed by atoms with Gasteiger partial charge in [0, 0.05) is 55.0 Å². The first-order valence-corrected chi connectivity index (χ1v) is 11.2. The lowest BCUT2D eigenvalue weighted by Gasteiger charge is -2.23. The number of hydrogen-bond acceptors (Lipinski definition) is 7. The first kappa shape index (κ1) is 28.1. The maximum atomic E-state index is 12.0. The van der Waals surface area contributed by atoms with E-state index in [1.165, 1.54) is 49.4 Å². The Morgan fingerprint density at radius 1 is 0.889 bits per heavy atom. The number of nitrogens with one attached hydrogen (secondary N) is 2. The molecule has 0 aromatic heterocycles. The maximum Gasteiger partial charge on any atom is 0.331 e. The zero-order valence-corrected chi connectivity index (χ0v) is 19.8. The predicted octanol–water partition coefficient (Wildman–Crippen LogP) is 3.05. The summed E-state index contributed by atoms with van der Waals surface area (Å²) in [5, 5.41) is 34.4. The quantitative estimate of drug-likeness (QED) is 0.278. The molecule has 0 bridgehead atoms. The monoisotopic (exact) mass is 495 g/mol. The fraction of sp³-hybridized carbons (Fsp3) is 0.269. The molecule has 4 rings (SSSR count). The number of benzene rings is 2. The third-order valence-corrected chi connectivity index (χ3v) is 5.42. The van der Waals surface area contributed by atoms with Gasteiger partial charge in [-0.2, -0.15) is 0 Å². The van der Waals surface area contributed by atoms with Crippen LogP contribution in [0.3, 0.4) is 0 Å². The van der Waals surface area contributed by atoms with Crippen molar-refractivity contribution < 1.29 is 29.5 Å². The molecule has 1 heterocycles. The van der Waals surface area contributed by atoms with Crippen molar-refractivity contribution in [1.82, 2.24) is 10.6 Å². The molecule has 1 atom stereocenters. The summed E-state index contributed by atoms with van der Waals surface area (Å²) in [7, 11) is 0. The van der Waals surface area contributed by atoms with Gasteiger partial charge in [0.1, 0.15) is 0 Å². The Bertz CT molecular complexity index is 1110. The standard InChI is InChI=1S/C13H9NO3.C9H10O4.C4H10N2/c15-13(10-4-2-1-3-5-10)11-6-8-12(9-7-11)14(16)17;1-9(8(12)13)4-2-3-6(5-9)7(10)11;1-2-6-4-3-5-1/h1-9H;2-4H,5H2,1H3,(H,10,11)(H,12,13);5-6H,1-4H2. The van der Waals surface area contributed by atoms with E-state index in [1.807, 2.05) is 6.07 Å². The fourth-order valence-electron chi connectivity index (χ4n) is 3.28. The van der Waals surface area contributed by atoms with E-state index in [0.29, 0.717) is 11.1 Å². The van der Waals surface area contributed by atoms with Gasteiger partial charge in [-0.1, -0.05) is 48.6 Å². The number of nitro groups is 1. The van der Waals surface area contributed by atoms with Crippen molar-refractivity contribution in [2.45, 2.75) is 13.3 Å². The van der Waals surface area contributed by atoms with Gasteiger partial charge >= 0.3 is 11.9 Å². The summed E-state index contributed by atoms with van der Waals surface area (Å²) in [5.74, 6) is -2.20. The van der Waals surface area contributed by atoms with Crippen LogP contribution in [0.1, 0.15) is 29.3 Å². The molecule has 1 saturated heterocycles. The Labute approximate surface area is 208 Å². The molecular formula is C26H29N3O7. The van der Waals surface area contributed by atoms with Crippen molar-refractivity contribution in [2.75, 3.05) is 26.2 Å². The van der Waals surface area contributed by atoms with Crippen LogP contribution in [-0.4, -0.2) is 59.0 Å². The highest BCUT2D eigenvalue weighted by molar-refractivity contribution is 6.09. The Morgan fingerprint density at radius 3 is 1.86 bits per heavy atom. The predicted molar refractivity (Wildman–Crippen MR) is 134 cm³/mol. The Kier molecular flexibility index (Phi) is 10.7. The van der Waals surface area contributed by atoms with Crippen molar-refractivity contribution in [3.05, 3.63) is 99.6 Å². The number of rotatable bonds is 5. The molecule has 0 spiro atoms. The van der Waals surface area contributed by atoms with Gasteiger partial charge in [0.25, 0.3) is 5.69 Å². The minimum Gasteiger partial charge on any atom is -0.481 e. The Morgan fingerprint density at radius 2 is 1.42 bits per heavy atom. The van der Waals surface area contributed by atoms with E-state index in [1.54, 1.807) is 24.3 Å². The summed E-state index contributed by atoms with van der Waals surface area (Å²) in [4.78, 5) is 43.3. The Hall–Kier alpha value is -4.15. The second-order valence-corrected chi connectivity index (χ2v) is 8.25. The normalized spacial score (nSPS) is 18.3. The summed E-state index contributed by atoms with van der Waals surface area (Å²) < 4.78 is 0. The van der Waals surface area contributed by atoms with Crippen LogP contribution in [-0.2, 0) is 9.59 Å². The fourth-order valence-corrected chi connectivity index (χ4v) is 3.28. The van der Waals surface area contributed by atoms with Crippen LogP contribution in [0.2, 0.25) is 0 Å². The van der Waals surface area contributed by atoms with E-state index in [2.05, 4.69) is 10.6 Å². The lowest BCUT2D eigenvalue weighted by molar-refractivity contribution is -0.384. The van der Waals surface area contributed by atoms with E-state index >= 15 is 0 Å². The van der Waals surface area contributed by atoms with Crippen molar-refractivity contribution in [1.29, 1.82) is 0 Å². The summed E-state index contributed by atoms with van der Waals surface area (Å²) in [6.45, 7) is 6.06. The van der Waals surface area contributed by atoms with Crippen molar-refractivity contribution in [3.8, 4) is 0 Å². The number of nitro benzene ring substituents is 1. The number of ketones is 1. The van der Waals surface area contributed by atoms with Gasteiger partial charge in [0.05, 0.1) is 10.3 Å². The number of carboxylic acid groups (broad SMARTS) is 2. The number of carboxylic acids is 2. The van der Waals surface area contributed by atoms with Gasteiger partial charge in [0.15, 0.2) is 5.78 Å². The molecule has 2 aliphatic rings. The molecule has 0 radical (unpaired) electrons. The molecule has 1 aliphatic heterocycles. The first-order chi connectivity index (χ1) is 17.1. The smallest absolute Gasteiger partial charge is 0.331 e. The molecule has 1 fully saturated rings. The number of allylic oxidation sites excluding steroid dienone is 2. The van der Waals surface area contributed by atoms with Crippen LogP contribution in [0, 0.1) is 15.5 Å². The summed E-state index contributed by atoms with van der Waals surface area (Å²) in [6.07, 6.45) is 4.43. The Balaban J connectivity index is 0.000000211. The lowest BCUT2D eigenvalue weighted by Crippen LogP contribution is -2.39. The van der Waals surface area contributed by atoms with Gasteiger partial charge in [-0.25, -0.2) is 4.79 Å². The van der Waals surface area contributed by atoms with E-state index in [9.17, 15) is 24.5 Å². The number of carbonyl (C=O) groups is 3. The van der Waals surface area contributed by atoms with Crippen molar-refractivity contribution >= 4 is 23.4 Å². The second kappa shape index (κ2) is 13.7. The van der Waals surface area contributed by atoms with Crippen LogP contribution < -0.4 is 10.6 Å². The zero-order chi connectivity index (χ0) is 26.6. The van der Waals surface area contributed by atoms with E-state index < -0.39 is 22.3 Å². The van der Waals surface area contributed by atoms with Gasteiger partial charge in [-0.15, -0.1) is 0 Å². The minimum absolute atomic E-state index is 0.0189. The number of nitrogens with zero attached hydrogens (tertiary/aromatic N) is 1. The van der Waals surface area contributed by atoms with Crippen LogP contribution in [0.25, 0.3) is 0 Å². The van der Waals surface area contributed by atoms with E-state index in [4.69, 9.17) is 10.2 Å². The average Bonchev–Trinajstić information content (AvgIpc) is 2.90. The van der Waals surface area contributed by atoms with E-state index in [-0.39, 0.29) is 23.5 Å². The minimum atomic E-state index is -1.08. The third-order valence-electron chi connectivity index (χ3n) is 5.42. The lowest BCUT2D eigenvalue weighted by atomic mass is 9.80. The SMILES string of the molecule is C1CNCCN1.CC1(C(=O)O)C=CC=C(C(=O)O)C1.O=C(c1ccccc1)c1ccc([N+](=O)[O-])cc1. The molecule has 1 unspecified atom stereocenters. The first-order valence-electron chi connectivity index (χ1n) is 11.2. The summed E-state index contributed by atoms with van der Waals surface area (Å²) in [6, 6.07) is 14.4. The molecule has 36 heavy (non-hydrogen) atoms. The second-order valence-electron chi connectivity index (χ2n) is 8.25. The number of carbonyl (C=O) groups excluding carboxylic acids is 1. The third kappa shape index (κ3) is 8.57. The van der Waals surface area contributed by atoms with Gasteiger partial charge in [-0.05, 0) is 25.5 Å². The number of piperazine rings is 1. The molecule has 0 amide bonds. The van der Waals surface area contributed by atoms with Crippen LogP contribution in [0.15, 0.2) is 78.4 Å². The molecule has 10 nitrogen and oxygen atoms in total. The zero-order valence-electron chi connectivity index (χ0n) is 19.8. The molecule has 2 aromatic carbocycles. The molecule has 2 aromatic rings. The summed E-state index contributed by atoms with van der Waals surface area (Å²) in [5.41, 5.74) is 0.0489. The van der Waals surface area contributed by atoms with Gasteiger partial charge < -0.3 is 20.8 Å². The largest absolute Gasteiger partial charge is 0.481 e. The molecular weight excluding hydrogens is 466 g/mol. The van der Waals surface area contributed by atoms with Crippen molar-refractivity contribution in [2.24, 2.45) is 5.41 Å². The van der Waals surface area contributed by atoms with Crippen LogP contribution in [0.5, 0.6) is 0 Å². The van der Waals surface area contributed by atoms with E-state index in [0.717, 1.165) is 26.2 Å². The summed E-state index contributed by atoms with van der Waals surface area (Å²) >= 11 is 0. The highest BCUT2D eigenvalue weighted by Crippen LogP contribution is 2.31. The number of hydrogen-bond donors (Lipinski definition) is 4. The highest BCUT2D eigenvalue weighted by atomic mass is 16.6.